The van der Waals surface area contributed by atoms with Crippen molar-refractivity contribution in [3.05, 3.63) is 89.3 Å². The number of benzene rings is 2. The molecule has 0 spiro atoms. The Morgan fingerprint density at radius 1 is 0.971 bits per heavy atom. The molecular weight excluding hydrogens is 448 g/mol. The molecule has 1 aliphatic rings. The number of pyridine rings is 1. The molecule has 1 unspecified atom stereocenters. The van der Waals surface area contributed by atoms with Crippen LogP contribution in [0.3, 0.4) is 0 Å². The molecule has 0 bridgehead atoms. The van der Waals surface area contributed by atoms with Crippen molar-refractivity contribution in [3.63, 3.8) is 0 Å². The molecule has 1 fully saturated rings. The van der Waals surface area contributed by atoms with Crippen LogP contribution in [0, 0.1) is 0 Å². The zero-order valence-corrected chi connectivity index (χ0v) is 19.7. The van der Waals surface area contributed by atoms with E-state index < -0.39 is 17.7 Å². The highest BCUT2D eigenvalue weighted by atomic mass is 16.5. The normalized spacial score (nSPS) is 16.9. The molecule has 0 radical (unpaired) electrons. The van der Waals surface area contributed by atoms with Gasteiger partial charge in [-0.05, 0) is 60.0 Å². The van der Waals surface area contributed by atoms with E-state index in [1.54, 1.807) is 76.2 Å². The number of hydrogen-bond acceptors (Lipinski definition) is 7. The second-order valence-corrected chi connectivity index (χ2v) is 7.95. The predicted molar refractivity (Wildman–Crippen MR) is 129 cm³/mol. The van der Waals surface area contributed by atoms with E-state index in [2.05, 4.69) is 4.98 Å². The van der Waals surface area contributed by atoms with Gasteiger partial charge in [0.05, 0.1) is 32.9 Å². The van der Waals surface area contributed by atoms with Crippen molar-refractivity contribution in [2.45, 2.75) is 12.5 Å². The Morgan fingerprint density at radius 2 is 1.71 bits per heavy atom. The minimum atomic E-state index is -0.772. The maximum absolute atomic E-state index is 13.1. The maximum Gasteiger partial charge on any atom is 0.295 e. The first kappa shape index (κ1) is 23.8. The number of amides is 1. The Bertz CT molecular complexity index is 1250. The summed E-state index contributed by atoms with van der Waals surface area (Å²) in [6.07, 6.45) is 3.68. The van der Waals surface area contributed by atoms with Crippen molar-refractivity contribution >= 4 is 17.4 Å². The van der Waals surface area contributed by atoms with E-state index in [9.17, 15) is 14.7 Å². The van der Waals surface area contributed by atoms with E-state index in [0.29, 0.717) is 34.8 Å². The number of methoxy groups -OCH3 is 3. The highest BCUT2D eigenvalue weighted by Gasteiger charge is 2.45. The van der Waals surface area contributed by atoms with Gasteiger partial charge in [0, 0.05) is 24.5 Å². The molecule has 2 aromatic carbocycles. The molecule has 1 atom stereocenters. The van der Waals surface area contributed by atoms with Crippen LogP contribution in [0.25, 0.3) is 5.76 Å². The number of likely N-dealkylation sites (tertiary alicyclic amines) is 1. The van der Waals surface area contributed by atoms with Gasteiger partial charge in [-0.1, -0.05) is 12.1 Å². The van der Waals surface area contributed by atoms with Gasteiger partial charge >= 0.3 is 0 Å². The van der Waals surface area contributed by atoms with Crippen LogP contribution in [0.1, 0.15) is 22.7 Å². The number of ether oxygens (including phenoxy) is 3. The highest BCUT2D eigenvalue weighted by molar-refractivity contribution is 6.46. The average Bonchev–Trinajstić information content (AvgIpc) is 3.16. The largest absolute Gasteiger partial charge is 0.507 e. The van der Waals surface area contributed by atoms with Crippen LogP contribution in [0.15, 0.2) is 72.6 Å². The topological polar surface area (TPSA) is 98.2 Å². The maximum atomic E-state index is 13.1. The van der Waals surface area contributed by atoms with E-state index in [1.807, 2.05) is 12.1 Å². The summed E-state index contributed by atoms with van der Waals surface area (Å²) < 4.78 is 15.8. The summed E-state index contributed by atoms with van der Waals surface area (Å²) in [7, 11) is 4.66. The predicted octanol–water partition coefficient (Wildman–Crippen LogP) is 3.77. The standard InChI is InChI=1S/C27H26N2O6/c1-33-20-9-7-18(8-10-20)25(30)23-24(19-5-4-13-28-16-19)29(27(32)26(23)31)14-12-17-6-11-21(34-2)22(15-17)35-3/h4-11,13,15-16,24,30H,12,14H2,1-3H3/b25-23-. The van der Waals surface area contributed by atoms with Gasteiger partial charge in [0.15, 0.2) is 11.5 Å². The van der Waals surface area contributed by atoms with Crippen molar-refractivity contribution < 1.29 is 28.9 Å². The lowest BCUT2D eigenvalue weighted by Crippen LogP contribution is -2.31. The molecule has 0 saturated carbocycles. The lowest BCUT2D eigenvalue weighted by atomic mass is 9.96. The van der Waals surface area contributed by atoms with Gasteiger partial charge in [0.1, 0.15) is 11.5 Å². The molecule has 1 aromatic heterocycles. The van der Waals surface area contributed by atoms with Crippen molar-refractivity contribution in [2.24, 2.45) is 0 Å². The van der Waals surface area contributed by atoms with Crippen LogP contribution >= 0.6 is 0 Å². The average molecular weight is 475 g/mol. The molecule has 3 aromatic rings. The second-order valence-electron chi connectivity index (χ2n) is 7.95. The van der Waals surface area contributed by atoms with Gasteiger partial charge in [0.25, 0.3) is 11.7 Å². The van der Waals surface area contributed by atoms with E-state index in [4.69, 9.17) is 14.2 Å². The zero-order chi connectivity index (χ0) is 24.9. The van der Waals surface area contributed by atoms with Crippen LogP contribution in [-0.2, 0) is 16.0 Å². The fourth-order valence-electron chi connectivity index (χ4n) is 4.18. The molecular formula is C27H26N2O6. The lowest BCUT2D eigenvalue weighted by molar-refractivity contribution is -0.139. The van der Waals surface area contributed by atoms with Gasteiger partial charge in [-0.25, -0.2) is 0 Å². The molecule has 1 amide bonds. The van der Waals surface area contributed by atoms with E-state index >= 15 is 0 Å². The minimum Gasteiger partial charge on any atom is -0.507 e. The number of Topliss-reactive ketones (excluding diaryl/α,β-unsaturated/α-hetero) is 1. The van der Waals surface area contributed by atoms with Crippen LogP contribution in [0.4, 0.5) is 0 Å². The fraction of sp³-hybridized carbons (Fsp3) is 0.222. The molecule has 35 heavy (non-hydrogen) atoms. The molecule has 1 aliphatic heterocycles. The summed E-state index contributed by atoms with van der Waals surface area (Å²) in [6.45, 7) is 0.249. The summed E-state index contributed by atoms with van der Waals surface area (Å²) in [5, 5.41) is 11.1. The molecule has 8 nitrogen and oxygen atoms in total. The summed E-state index contributed by atoms with van der Waals surface area (Å²) in [6, 6.07) is 14.9. The number of rotatable bonds is 8. The lowest BCUT2D eigenvalue weighted by Gasteiger charge is -2.25. The summed E-state index contributed by atoms with van der Waals surface area (Å²) in [5.41, 5.74) is 1.98. The summed E-state index contributed by atoms with van der Waals surface area (Å²) in [4.78, 5) is 31.9. The number of nitrogens with zero attached hydrogens (tertiary/aromatic N) is 2. The Balaban J connectivity index is 1.71. The van der Waals surface area contributed by atoms with Gasteiger partial charge < -0.3 is 24.2 Å². The molecule has 0 aliphatic carbocycles. The number of aliphatic hydroxyl groups is 1. The molecule has 4 rings (SSSR count). The number of carbonyl (C=O) groups is 2. The fourth-order valence-corrected chi connectivity index (χ4v) is 4.18. The number of carbonyl (C=O) groups excluding carboxylic acids is 2. The Labute approximate surface area is 203 Å². The molecule has 1 N–H and O–H groups in total. The van der Waals surface area contributed by atoms with Crippen LogP contribution in [0.2, 0.25) is 0 Å². The number of hydrogen-bond donors (Lipinski definition) is 1. The van der Waals surface area contributed by atoms with Crippen molar-refractivity contribution in [1.82, 2.24) is 9.88 Å². The molecule has 2 heterocycles. The minimum absolute atomic E-state index is 0.0282. The molecule has 1 saturated heterocycles. The van der Waals surface area contributed by atoms with Crippen LogP contribution in [-0.4, -0.2) is 54.6 Å². The van der Waals surface area contributed by atoms with Crippen LogP contribution < -0.4 is 14.2 Å². The second kappa shape index (κ2) is 10.3. The Morgan fingerprint density at radius 3 is 2.34 bits per heavy atom. The Hall–Kier alpha value is -4.33. The first-order chi connectivity index (χ1) is 17.0. The third-order valence-corrected chi connectivity index (χ3v) is 5.99. The third-order valence-electron chi connectivity index (χ3n) is 5.99. The third kappa shape index (κ3) is 4.68. The van der Waals surface area contributed by atoms with Crippen LogP contribution in [0.5, 0.6) is 17.2 Å². The van der Waals surface area contributed by atoms with Crippen molar-refractivity contribution in [1.29, 1.82) is 0 Å². The highest BCUT2D eigenvalue weighted by Crippen LogP contribution is 2.39. The number of aromatic nitrogens is 1. The quantitative estimate of drug-likeness (QED) is 0.301. The van der Waals surface area contributed by atoms with Gasteiger partial charge in [-0.3, -0.25) is 14.6 Å². The van der Waals surface area contributed by atoms with Crippen molar-refractivity contribution in [3.8, 4) is 17.2 Å². The van der Waals surface area contributed by atoms with E-state index in [0.717, 1.165) is 5.56 Å². The SMILES string of the molecule is COc1ccc(/C(O)=C2/C(=O)C(=O)N(CCc3ccc(OC)c(OC)c3)C2c2cccnc2)cc1. The monoisotopic (exact) mass is 474 g/mol. The van der Waals surface area contributed by atoms with Gasteiger partial charge in [-0.15, -0.1) is 0 Å². The number of aliphatic hydroxyl groups excluding tert-OH is 1. The zero-order valence-electron chi connectivity index (χ0n) is 19.7. The van der Waals surface area contributed by atoms with E-state index in [-0.39, 0.29) is 17.9 Å². The smallest absolute Gasteiger partial charge is 0.295 e. The summed E-state index contributed by atoms with van der Waals surface area (Å²) in [5.74, 6) is 0.144. The first-order valence-electron chi connectivity index (χ1n) is 11.0. The first-order valence-corrected chi connectivity index (χ1v) is 11.0. The Kier molecular flexibility index (Phi) is 7.01. The van der Waals surface area contributed by atoms with Crippen molar-refractivity contribution in [2.75, 3.05) is 27.9 Å². The molecule has 180 valence electrons. The molecule has 8 heteroatoms. The summed E-state index contributed by atoms with van der Waals surface area (Å²) >= 11 is 0. The van der Waals surface area contributed by atoms with Gasteiger partial charge in [-0.2, -0.15) is 0 Å². The van der Waals surface area contributed by atoms with Gasteiger partial charge in [0.2, 0.25) is 0 Å². The number of ketones is 1. The van der Waals surface area contributed by atoms with E-state index in [1.165, 1.54) is 4.90 Å².